The summed E-state index contributed by atoms with van der Waals surface area (Å²) in [7, 11) is 1.49. The number of nitrogens with one attached hydrogen (secondary N) is 1. The predicted octanol–water partition coefficient (Wildman–Crippen LogP) is 3.82. The molecule has 4 heteroatoms. The molecule has 0 saturated heterocycles. The van der Waals surface area contributed by atoms with Gasteiger partial charge in [-0.2, -0.15) is 0 Å². The summed E-state index contributed by atoms with van der Waals surface area (Å²) in [6.07, 6.45) is 0. The zero-order valence-electron chi connectivity index (χ0n) is 11.5. The molecule has 2 rings (SSSR count). The van der Waals surface area contributed by atoms with E-state index in [-0.39, 0.29) is 17.7 Å². The first-order valence-electron chi connectivity index (χ1n) is 6.42. The summed E-state index contributed by atoms with van der Waals surface area (Å²) in [6.45, 7) is 2.17. The number of rotatable bonds is 5. The van der Waals surface area contributed by atoms with E-state index in [1.165, 1.54) is 19.2 Å². The van der Waals surface area contributed by atoms with E-state index in [0.717, 1.165) is 0 Å². The summed E-state index contributed by atoms with van der Waals surface area (Å²) in [4.78, 5) is 0. The molecule has 1 atom stereocenters. The maximum atomic E-state index is 13.8. The number of methoxy groups -OCH3 is 1. The second kappa shape index (κ2) is 6.48. The number of ether oxygens (including phenoxy) is 1. The van der Waals surface area contributed by atoms with E-state index in [4.69, 9.17) is 4.74 Å². The van der Waals surface area contributed by atoms with E-state index >= 15 is 0 Å². The van der Waals surface area contributed by atoms with Crippen LogP contribution in [0.4, 0.5) is 8.78 Å². The molecule has 1 N–H and O–H groups in total. The van der Waals surface area contributed by atoms with Crippen molar-refractivity contribution >= 4 is 0 Å². The highest BCUT2D eigenvalue weighted by Gasteiger charge is 2.11. The van der Waals surface area contributed by atoms with Crippen molar-refractivity contribution in [3.8, 4) is 5.75 Å². The molecule has 0 aliphatic carbocycles. The van der Waals surface area contributed by atoms with Crippen LogP contribution in [-0.4, -0.2) is 7.11 Å². The highest BCUT2D eigenvalue weighted by atomic mass is 19.1. The second-order valence-corrected chi connectivity index (χ2v) is 4.58. The quantitative estimate of drug-likeness (QED) is 0.897. The normalized spacial score (nSPS) is 12.2. The highest BCUT2D eigenvalue weighted by Crippen LogP contribution is 2.19. The molecule has 1 unspecified atom stereocenters. The monoisotopic (exact) mass is 277 g/mol. The van der Waals surface area contributed by atoms with Gasteiger partial charge in [-0.05, 0) is 19.1 Å². The molecule has 0 bridgehead atoms. The molecule has 0 heterocycles. The molecule has 106 valence electrons. The van der Waals surface area contributed by atoms with Crippen molar-refractivity contribution < 1.29 is 13.5 Å². The SMILES string of the molecule is COc1ccc(CNC(C)c2ccccc2F)c(F)c1. The summed E-state index contributed by atoms with van der Waals surface area (Å²) < 4.78 is 32.3. The summed E-state index contributed by atoms with van der Waals surface area (Å²) in [6, 6.07) is 11.1. The third-order valence-corrected chi connectivity index (χ3v) is 3.23. The van der Waals surface area contributed by atoms with Crippen LogP contribution in [0, 0.1) is 11.6 Å². The number of halogens is 2. The molecule has 0 spiro atoms. The van der Waals surface area contributed by atoms with Crippen molar-refractivity contribution in [2.24, 2.45) is 0 Å². The zero-order valence-corrected chi connectivity index (χ0v) is 11.5. The Bertz CT molecular complexity index is 586. The van der Waals surface area contributed by atoms with Gasteiger partial charge in [0.15, 0.2) is 0 Å². The van der Waals surface area contributed by atoms with Crippen LogP contribution in [0.1, 0.15) is 24.1 Å². The summed E-state index contributed by atoms with van der Waals surface area (Å²) in [5.74, 6) is -0.117. The standard InChI is InChI=1S/C16H17F2NO/c1-11(14-5-3-4-6-15(14)17)19-10-12-7-8-13(20-2)9-16(12)18/h3-9,11,19H,10H2,1-2H3. The van der Waals surface area contributed by atoms with Crippen LogP contribution in [0.2, 0.25) is 0 Å². The maximum absolute atomic E-state index is 13.8. The Morgan fingerprint density at radius 3 is 2.50 bits per heavy atom. The van der Waals surface area contributed by atoms with Crippen LogP contribution in [0.15, 0.2) is 42.5 Å². The Balaban J connectivity index is 2.04. The average Bonchev–Trinajstić information content (AvgIpc) is 2.46. The fraction of sp³-hybridized carbons (Fsp3) is 0.250. The predicted molar refractivity (Wildman–Crippen MR) is 74.6 cm³/mol. The summed E-state index contributed by atoms with van der Waals surface area (Å²) in [5.41, 5.74) is 1.09. The van der Waals surface area contributed by atoms with Crippen LogP contribution < -0.4 is 10.1 Å². The van der Waals surface area contributed by atoms with Crippen LogP contribution in [0.3, 0.4) is 0 Å². The third-order valence-electron chi connectivity index (χ3n) is 3.23. The van der Waals surface area contributed by atoms with E-state index < -0.39 is 0 Å². The molecule has 0 aliphatic heterocycles. The topological polar surface area (TPSA) is 21.3 Å². The van der Waals surface area contributed by atoms with Gasteiger partial charge in [0.1, 0.15) is 17.4 Å². The van der Waals surface area contributed by atoms with Gasteiger partial charge in [-0.15, -0.1) is 0 Å². The van der Waals surface area contributed by atoms with Crippen molar-refractivity contribution in [2.75, 3.05) is 7.11 Å². The van der Waals surface area contributed by atoms with Crippen molar-refractivity contribution in [3.05, 3.63) is 65.2 Å². The molecule has 2 aromatic carbocycles. The Morgan fingerprint density at radius 1 is 1.10 bits per heavy atom. The Labute approximate surface area is 117 Å². The first kappa shape index (κ1) is 14.5. The van der Waals surface area contributed by atoms with Crippen LogP contribution in [-0.2, 0) is 6.54 Å². The Morgan fingerprint density at radius 2 is 1.85 bits per heavy atom. The van der Waals surface area contributed by atoms with Gasteiger partial charge in [-0.3, -0.25) is 0 Å². The summed E-state index contributed by atoms with van der Waals surface area (Å²) in [5, 5.41) is 3.11. The van der Waals surface area contributed by atoms with E-state index in [0.29, 0.717) is 23.4 Å². The zero-order chi connectivity index (χ0) is 14.5. The molecule has 0 amide bonds. The minimum Gasteiger partial charge on any atom is -0.497 e. The van der Waals surface area contributed by atoms with E-state index in [1.807, 2.05) is 6.92 Å². The van der Waals surface area contributed by atoms with Crippen LogP contribution in [0.25, 0.3) is 0 Å². The smallest absolute Gasteiger partial charge is 0.131 e. The molecule has 2 nitrogen and oxygen atoms in total. The van der Waals surface area contributed by atoms with Gasteiger partial charge in [-0.25, -0.2) is 8.78 Å². The number of hydrogen-bond donors (Lipinski definition) is 1. The molecular formula is C16H17F2NO. The molecule has 20 heavy (non-hydrogen) atoms. The fourth-order valence-electron chi connectivity index (χ4n) is 2.00. The molecule has 0 saturated carbocycles. The Hall–Kier alpha value is -1.94. The summed E-state index contributed by atoms with van der Waals surface area (Å²) >= 11 is 0. The lowest BCUT2D eigenvalue weighted by molar-refractivity contribution is 0.410. The van der Waals surface area contributed by atoms with Crippen molar-refractivity contribution in [1.29, 1.82) is 0 Å². The minimum absolute atomic E-state index is 0.197. The lowest BCUT2D eigenvalue weighted by Crippen LogP contribution is -2.19. The fourth-order valence-corrected chi connectivity index (χ4v) is 2.00. The number of hydrogen-bond acceptors (Lipinski definition) is 2. The van der Waals surface area contributed by atoms with Gasteiger partial charge in [0, 0.05) is 29.8 Å². The van der Waals surface area contributed by atoms with Gasteiger partial charge in [0.25, 0.3) is 0 Å². The molecule has 2 aromatic rings. The molecule has 0 radical (unpaired) electrons. The third kappa shape index (κ3) is 3.33. The van der Waals surface area contributed by atoms with Crippen molar-refractivity contribution in [3.63, 3.8) is 0 Å². The van der Waals surface area contributed by atoms with Crippen molar-refractivity contribution in [2.45, 2.75) is 19.5 Å². The molecule has 0 fully saturated rings. The van der Waals surface area contributed by atoms with Gasteiger partial charge < -0.3 is 10.1 Å². The van der Waals surface area contributed by atoms with E-state index in [1.54, 1.807) is 30.3 Å². The van der Waals surface area contributed by atoms with E-state index in [9.17, 15) is 8.78 Å². The van der Waals surface area contributed by atoms with Crippen molar-refractivity contribution in [1.82, 2.24) is 5.32 Å². The molecule has 0 aromatic heterocycles. The largest absolute Gasteiger partial charge is 0.497 e. The van der Waals surface area contributed by atoms with Crippen LogP contribution in [0.5, 0.6) is 5.75 Å². The van der Waals surface area contributed by atoms with Gasteiger partial charge in [0.2, 0.25) is 0 Å². The first-order valence-corrected chi connectivity index (χ1v) is 6.42. The second-order valence-electron chi connectivity index (χ2n) is 4.58. The molecule has 0 aliphatic rings. The lowest BCUT2D eigenvalue weighted by atomic mass is 10.1. The van der Waals surface area contributed by atoms with Crippen LogP contribution >= 0.6 is 0 Å². The average molecular weight is 277 g/mol. The molecular weight excluding hydrogens is 260 g/mol. The number of benzene rings is 2. The first-order chi connectivity index (χ1) is 9.61. The maximum Gasteiger partial charge on any atom is 0.131 e. The Kier molecular flexibility index (Phi) is 4.69. The minimum atomic E-state index is -0.336. The van der Waals surface area contributed by atoms with E-state index in [2.05, 4.69) is 5.32 Å². The van der Waals surface area contributed by atoms with Gasteiger partial charge >= 0.3 is 0 Å². The van der Waals surface area contributed by atoms with Gasteiger partial charge in [-0.1, -0.05) is 24.3 Å². The lowest BCUT2D eigenvalue weighted by Gasteiger charge is -2.15. The van der Waals surface area contributed by atoms with Gasteiger partial charge in [0.05, 0.1) is 7.11 Å². The highest BCUT2D eigenvalue weighted by molar-refractivity contribution is 5.29.